The van der Waals surface area contributed by atoms with E-state index < -0.39 is 0 Å². The molecule has 2 fully saturated rings. The number of pyridine rings is 1. The molecule has 0 radical (unpaired) electrons. The maximum Gasteiger partial charge on any atom is 0.188 e. The van der Waals surface area contributed by atoms with Crippen LogP contribution >= 0.6 is 11.3 Å². The number of thiazole rings is 1. The Hall–Kier alpha value is -2.31. The van der Waals surface area contributed by atoms with Gasteiger partial charge in [-0.2, -0.15) is 4.98 Å². The van der Waals surface area contributed by atoms with Crippen molar-refractivity contribution < 1.29 is 9.53 Å². The van der Waals surface area contributed by atoms with Crippen molar-refractivity contribution in [2.24, 2.45) is 0 Å². The highest BCUT2D eigenvalue weighted by atomic mass is 32.1. The molecule has 5 rings (SSSR count). The van der Waals surface area contributed by atoms with Crippen LogP contribution in [-0.2, 0) is 21.4 Å². The fraction of sp³-hybridized carbons (Fsp3) is 0.458. The molecule has 0 spiro atoms. The van der Waals surface area contributed by atoms with E-state index in [9.17, 15) is 4.79 Å². The molecule has 6 heteroatoms. The fourth-order valence-corrected chi connectivity index (χ4v) is 5.61. The number of hydrogen-bond donors (Lipinski definition) is 0. The molecule has 1 aromatic carbocycles. The zero-order valence-electron chi connectivity index (χ0n) is 17.3. The van der Waals surface area contributed by atoms with Gasteiger partial charge in [0.2, 0.25) is 0 Å². The summed E-state index contributed by atoms with van der Waals surface area (Å²) in [6.45, 7) is 1.64. The van der Waals surface area contributed by atoms with Crippen molar-refractivity contribution in [2.75, 3.05) is 25.2 Å². The first-order valence-electron chi connectivity index (χ1n) is 10.8. The van der Waals surface area contributed by atoms with E-state index in [0.717, 1.165) is 60.7 Å². The number of carbonyl (C=O) groups is 1. The standard InChI is InChI=1S/C24H27N3O2S/c1-29-16-24(11-12-24)18-14-21-22(25-15-18)26-23(30-21)27-13-5-8-19(27)20(28)10-9-17-6-3-2-4-7-17/h2-4,6-7,14-15,19H,5,8-13,16H2,1H3/t19-/m1/s1. The van der Waals surface area contributed by atoms with Gasteiger partial charge in [-0.25, -0.2) is 4.98 Å². The van der Waals surface area contributed by atoms with Gasteiger partial charge in [0.05, 0.1) is 17.3 Å². The van der Waals surface area contributed by atoms with Crippen LogP contribution < -0.4 is 4.90 Å². The zero-order valence-corrected chi connectivity index (χ0v) is 18.2. The minimum atomic E-state index is -0.0583. The van der Waals surface area contributed by atoms with Crippen LogP contribution in [0.3, 0.4) is 0 Å². The maximum atomic E-state index is 13.0. The van der Waals surface area contributed by atoms with Crippen LogP contribution in [0.1, 0.15) is 43.2 Å². The third kappa shape index (κ3) is 3.74. The number of carbonyl (C=O) groups excluding carboxylic acids is 1. The quantitative estimate of drug-likeness (QED) is 0.534. The predicted molar refractivity (Wildman–Crippen MR) is 120 cm³/mol. The highest BCUT2D eigenvalue weighted by Gasteiger charge is 2.44. The van der Waals surface area contributed by atoms with Crippen LogP contribution in [0.25, 0.3) is 10.3 Å². The molecule has 30 heavy (non-hydrogen) atoms. The summed E-state index contributed by atoms with van der Waals surface area (Å²) >= 11 is 1.67. The molecule has 0 amide bonds. The van der Waals surface area contributed by atoms with E-state index in [1.165, 1.54) is 11.1 Å². The Balaban J connectivity index is 1.33. The van der Waals surface area contributed by atoms with Crippen LogP contribution in [0.5, 0.6) is 0 Å². The molecule has 1 aliphatic heterocycles. The van der Waals surface area contributed by atoms with E-state index in [0.29, 0.717) is 12.2 Å². The summed E-state index contributed by atoms with van der Waals surface area (Å²) in [4.78, 5) is 24.6. The summed E-state index contributed by atoms with van der Waals surface area (Å²) in [5.41, 5.74) is 3.40. The second kappa shape index (κ2) is 8.08. The van der Waals surface area contributed by atoms with Gasteiger partial charge in [0.25, 0.3) is 0 Å². The molecule has 156 valence electrons. The van der Waals surface area contributed by atoms with Gasteiger partial charge in [0.15, 0.2) is 16.6 Å². The third-order valence-corrected chi connectivity index (χ3v) is 7.52. The van der Waals surface area contributed by atoms with Crippen LogP contribution in [0, 0.1) is 0 Å². The van der Waals surface area contributed by atoms with Gasteiger partial charge in [0, 0.05) is 31.7 Å². The number of Topliss-reactive ketones (excluding diaryl/α,β-unsaturated/α-hetero) is 1. The lowest BCUT2D eigenvalue weighted by molar-refractivity contribution is -0.120. The first kappa shape index (κ1) is 19.6. The summed E-state index contributed by atoms with van der Waals surface area (Å²) in [5, 5.41) is 0.932. The molecule has 5 nitrogen and oxygen atoms in total. The van der Waals surface area contributed by atoms with Gasteiger partial charge >= 0.3 is 0 Å². The lowest BCUT2D eigenvalue weighted by Gasteiger charge is -2.22. The van der Waals surface area contributed by atoms with Crippen molar-refractivity contribution in [2.45, 2.75) is 50.0 Å². The Kier molecular flexibility index (Phi) is 5.29. The molecule has 0 unspecified atom stereocenters. The third-order valence-electron chi connectivity index (χ3n) is 6.50. The summed E-state index contributed by atoms with van der Waals surface area (Å²) in [5.74, 6) is 0.321. The number of hydrogen-bond acceptors (Lipinski definition) is 6. The molecule has 1 atom stereocenters. The Labute approximate surface area is 181 Å². The molecular weight excluding hydrogens is 394 g/mol. The molecule has 3 aromatic rings. The Bertz CT molecular complexity index is 1050. The second-order valence-electron chi connectivity index (χ2n) is 8.56. The largest absolute Gasteiger partial charge is 0.384 e. The number of methoxy groups -OCH3 is 1. The molecule has 3 heterocycles. The summed E-state index contributed by atoms with van der Waals surface area (Å²) in [6.07, 6.45) is 7.61. The second-order valence-corrected chi connectivity index (χ2v) is 9.57. The minimum absolute atomic E-state index is 0.0583. The minimum Gasteiger partial charge on any atom is -0.384 e. The van der Waals surface area contributed by atoms with Crippen LogP contribution in [0.4, 0.5) is 5.13 Å². The molecular formula is C24H27N3O2S. The average molecular weight is 422 g/mol. The first-order chi connectivity index (χ1) is 14.7. The smallest absolute Gasteiger partial charge is 0.188 e. The molecule has 0 bridgehead atoms. The number of ketones is 1. The summed E-state index contributed by atoms with van der Waals surface area (Å²) in [6, 6.07) is 12.4. The Morgan fingerprint density at radius 2 is 2.13 bits per heavy atom. The number of benzene rings is 1. The van der Waals surface area contributed by atoms with Gasteiger partial charge in [-0.3, -0.25) is 4.79 Å². The van der Waals surface area contributed by atoms with Crippen molar-refractivity contribution in [3.05, 3.63) is 53.7 Å². The van der Waals surface area contributed by atoms with Crippen molar-refractivity contribution in [3.8, 4) is 0 Å². The van der Waals surface area contributed by atoms with E-state index in [-0.39, 0.29) is 11.5 Å². The van der Waals surface area contributed by atoms with Gasteiger partial charge in [-0.1, -0.05) is 41.7 Å². The zero-order chi connectivity index (χ0) is 20.6. The van der Waals surface area contributed by atoms with Crippen LogP contribution in [0.15, 0.2) is 42.6 Å². The van der Waals surface area contributed by atoms with E-state index in [4.69, 9.17) is 9.72 Å². The molecule has 1 saturated heterocycles. The average Bonchev–Trinajstić information content (AvgIpc) is 3.21. The summed E-state index contributed by atoms with van der Waals surface area (Å²) < 4.78 is 6.54. The molecule has 2 aromatic heterocycles. The van der Waals surface area contributed by atoms with E-state index in [2.05, 4.69) is 28.1 Å². The SMILES string of the molecule is COCC1(c2cnc3nc(N4CCC[C@@H]4C(=O)CCc4ccccc4)sc3c2)CC1. The number of nitrogens with zero attached hydrogens (tertiary/aromatic N) is 3. The van der Waals surface area contributed by atoms with Crippen molar-refractivity contribution in [1.82, 2.24) is 9.97 Å². The van der Waals surface area contributed by atoms with E-state index >= 15 is 0 Å². The number of aryl methyl sites for hydroxylation is 1. The monoisotopic (exact) mass is 421 g/mol. The molecule has 2 aliphatic rings. The van der Waals surface area contributed by atoms with E-state index in [1.807, 2.05) is 24.4 Å². The number of rotatable bonds is 8. The first-order valence-corrected chi connectivity index (χ1v) is 11.6. The van der Waals surface area contributed by atoms with Crippen LogP contribution in [0.2, 0.25) is 0 Å². The number of fused-ring (bicyclic) bond motifs is 1. The van der Waals surface area contributed by atoms with Crippen molar-refractivity contribution >= 4 is 32.6 Å². The maximum absolute atomic E-state index is 13.0. The molecule has 1 aliphatic carbocycles. The lowest BCUT2D eigenvalue weighted by atomic mass is 9.99. The lowest BCUT2D eigenvalue weighted by Crippen LogP contribution is -2.36. The predicted octanol–water partition coefficient (Wildman–Crippen LogP) is 4.54. The number of ether oxygens (including phenoxy) is 1. The van der Waals surface area contributed by atoms with Crippen molar-refractivity contribution in [1.29, 1.82) is 0 Å². The molecule has 1 saturated carbocycles. The van der Waals surface area contributed by atoms with Gasteiger partial charge < -0.3 is 9.64 Å². The fourth-order valence-electron chi connectivity index (χ4n) is 4.57. The highest BCUT2D eigenvalue weighted by molar-refractivity contribution is 7.22. The molecule has 0 N–H and O–H groups in total. The summed E-state index contributed by atoms with van der Waals surface area (Å²) in [7, 11) is 1.76. The Morgan fingerprint density at radius 3 is 2.90 bits per heavy atom. The van der Waals surface area contributed by atoms with Gasteiger partial charge in [-0.05, 0) is 49.3 Å². The Morgan fingerprint density at radius 1 is 1.30 bits per heavy atom. The number of anilines is 1. The topological polar surface area (TPSA) is 55.3 Å². The van der Waals surface area contributed by atoms with Crippen molar-refractivity contribution in [3.63, 3.8) is 0 Å². The highest BCUT2D eigenvalue weighted by Crippen LogP contribution is 2.49. The normalized spacial score (nSPS) is 20.0. The number of aromatic nitrogens is 2. The van der Waals surface area contributed by atoms with Gasteiger partial charge in [-0.15, -0.1) is 0 Å². The van der Waals surface area contributed by atoms with Crippen LogP contribution in [-0.4, -0.2) is 42.1 Å². The van der Waals surface area contributed by atoms with Gasteiger partial charge in [0.1, 0.15) is 0 Å². The van der Waals surface area contributed by atoms with E-state index in [1.54, 1.807) is 18.4 Å².